The molecule has 0 aromatic carbocycles. The van der Waals surface area contributed by atoms with Gasteiger partial charge < -0.3 is 10.8 Å². The molecule has 1 unspecified atom stereocenters. The fourth-order valence-electron chi connectivity index (χ4n) is 1.32. The molecule has 2 aromatic rings. The number of hydrogen-bond acceptors (Lipinski definition) is 5. The van der Waals surface area contributed by atoms with Crippen LogP contribution in [0.4, 0.5) is 5.82 Å². The number of aromatic nitrogens is 2. The van der Waals surface area contributed by atoms with Gasteiger partial charge in [0.1, 0.15) is 16.9 Å². The molecule has 0 aliphatic carbocycles. The fraction of sp³-hybridized carbons (Fsp3) is 0.200. The molecule has 2 rings (SSSR count). The Morgan fingerprint density at radius 3 is 2.93 bits per heavy atom. The van der Waals surface area contributed by atoms with E-state index in [0.717, 1.165) is 5.56 Å². The Labute approximate surface area is 91.4 Å². The molecule has 3 N–H and O–H groups in total. The minimum absolute atomic E-state index is 0.452. The van der Waals surface area contributed by atoms with Crippen LogP contribution in [-0.2, 0) is 6.42 Å². The standard InChI is InChI=1S/C10H11N3OS/c11-9-7(2-1-3-12-9)6-8(14)10-13-4-5-15-10/h1-5,8,14H,6H2,(H2,11,12). The maximum Gasteiger partial charge on any atom is 0.126 e. The Bertz CT molecular complexity index is 430. The van der Waals surface area contributed by atoms with Gasteiger partial charge in [-0.1, -0.05) is 6.07 Å². The topological polar surface area (TPSA) is 72.0 Å². The highest BCUT2D eigenvalue weighted by Gasteiger charge is 2.12. The number of aliphatic hydroxyl groups excluding tert-OH is 1. The third-order valence-electron chi connectivity index (χ3n) is 2.08. The molecule has 0 saturated carbocycles. The number of thiazole rings is 1. The van der Waals surface area contributed by atoms with Crippen LogP contribution in [-0.4, -0.2) is 15.1 Å². The fourth-order valence-corrected chi connectivity index (χ4v) is 1.94. The normalized spacial score (nSPS) is 12.6. The van der Waals surface area contributed by atoms with Crippen molar-refractivity contribution in [3.63, 3.8) is 0 Å². The molecule has 2 aromatic heterocycles. The van der Waals surface area contributed by atoms with E-state index in [0.29, 0.717) is 17.2 Å². The Kier molecular flexibility index (Phi) is 2.94. The summed E-state index contributed by atoms with van der Waals surface area (Å²) in [7, 11) is 0. The monoisotopic (exact) mass is 221 g/mol. The van der Waals surface area contributed by atoms with Gasteiger partial charge in [0.2, 0.25) is 0 Å². The van der Waals surface area contributed by atoms with Crippen LogP contribution in [0.15, 0.2) is 29.9 Å². The number of nitrogen functional groups attached to an aromatic ring is 1. The van der Waals surface area contributed by atoms with Gasteiger partial charge in [-0.3, -0.25) is 0 Å². The third kappa shape index (κ3) is 2.31. The van der Waals surface area contributed by atoms with Crippen LogP contribution in [0.2, 0.25) is 0 Å². The van der Waals surface area contributed by atoms with Crippen LogP contribution in [0.5, 0.6) is 0 Å². The first kappa shape index (κ1) is 10.1. The third-order valence-corrected chi connectivity index (χ3v) is 2.95. The molecule has 5 heteroatoms. The zero-order chi connectivity index (χ0) is 10.7. The molecule has 0 fully saturated rings. The van der Waals surface area contributed by atoms with Crippen LogP contribution >= 0.6 is 11.3 Å². The molecule has 0 aliphatic heterocycles. The van der Waals surface area contributed by atoms with Crippen LogP contribution in [0.1, 0.15) is 16.7 Å². The van der Waals surface area contributed by atoms with Gasteiger partial charge in [0.15, 0.2) is 0 Å². The van der Waals surface area contributed by atoms with Gasteiger partial charge in [0, 0.05) is 24.2 Å². The van der Waals surface area contributed by atoms with Crippen molar-refractivity contribution in [2.45, 2.75) is 12.5 Å². The number of anilines is 1. The highest BCUT2D eigenvalue weighted by Crippen LogP contribution is 2.21. The van der Waals surface area contributed by atoms with Crippen molar-refractivity contribution in [2.24, 2.45) is 0 Å². The Morgan fingerprint density at radius 1 is 1.40 bits per heavy atom. The lowest BCUT2D eigenvalue weighted by molar-refractivity contribution is 0.178. The van der Waals surface area contributed by atoms with Gasteiger partial charge in [0.25, 0.3) is 0 Å². The molecule has 78 valence electrons. The van der Waals surface area contributed by atoms with E-state index in [2.05, 4.69) is 9.97 Å². The maximum absolute atomic E-state index is 9.85. The van der Waals surface area contributed by atoms with Crippen LogP contribution < -0.4 is 5.73 Å². The average molecular weight is 221 g/mol. The Balaban J connectivity index is 2.13. The van der Waals surface area contributed by atoms with Crippen molar-refractivity contribution in [3.05, 3.63) is 40.5 Å². The summed E-state index contributed by atoms with van der Waals surface area (Å²) in [6.45, 7) is 0. The van der Waals surface area contributed by atoms with E-state index in [1.54, 1.807) is 18.5 Å². The number of aliphatic hydroxyl groups is 1. The van der Waals surface area contributed by atoms with E-state index in [-0.39, 0.29) is 0 Å². The van der Waals surface area contributed by atoms with Gasteiger partial charge in [-0.25, -0.2) is 9.97 Å². The second-order valence-corrected chi connectivity index (χ2v) is 4.06. The number of rotatable bonds is 3. The molecule has 2 heterocycles. The molecule has 0 aliphatic rings. The highest BCUT2D eigenvalue weighted by atomic mass is 32.1. The largest absolute Gasteiger partial charge is 0.386 e. The molecule has 0 bridgehead atoms. The maximum atomic E-state index is 9.85. The first-order valence-electron chi connectivity index (χ1n) is 4.54. The zero-order valence-electron chi connectivity index (χ0n) is 8.00. The van der Waals surface area contributed by atoms with E-state index in [1.165, 1.54) is 11.3 Å². The summed E-state index contributed by atoms with van der Waals surface area (Å²) in [5, 5.41) is 12.4. The van der Waals surface area contributed by atoms with Crippen LogP contribution in [0.3, 0.4) is 0 Å². The molecule has 1 atom stereocenters. The smallest absolute Gasteiger partial charge is 0.126 e. The van der Waals surface area contributed by atoms with Crippen molar-refractivity contribution < 1.29 is 5.11 Å². The summed E-state index contributed by atoms with van der Waals surface area (Å²) in [5.74, 6) is 0.466. The number of nitrogens with zero attached hydrogens (tertiary/aromatic N) is 2. The van der Waals surface area contributed by atoms with Gasteiger partial charge in [0.05, 0.1) is 0 Å². The van der Waals surface area contributed by atoms with Crippen molar-refractivity contribution in [3.8, 4) is 0 Å². The van der Waals surface area contributed by atoms with E-state index in [9.17, 15) is 5.11 Å². The molecule has 15 heavy (non-hydrogen) atoms. The van der Waals surface area contributed by atoms with Crippen molar-refractivity contribution >= 4 is 17.2 Å². The predicted molar refractivity (Wildman–Crippen MR) is 59.4 cm³/mol. The number of pyridine rings is 1. The summed E-state index contributed by atoms with van der Waals surface area (Å²) in [6, 6.07) is 3.67. The predicted octanol–water partition coefficient (Wildman–Crippen LogP) is 1.40. The molecule has 4 nitrogen and oxygen atoms in total. The first-order valence-corrected chi connectivity index (χ1v) is 5.42. The minimum Gasteiger partial charge on any atom is -0.386 e. The lowest BCUT2D eigenvalue weighted by atomic mass is 10.1. The lowest BCUT2D eigenvalue weighted by Gasteiger charge is -2.08. The van der Waals surface area contributed by atoms with Gasteiger partial charge in [-0.05, 0) is 11.6 Å². The summed E-state index contributed by atoms with van der Waals surface area (Å²) in [5.41, 5.74) is 6.53. The van der Waals surface area contributed by atoms with E-state index >= 15 is 0 Å². The summed E-state index contributed by atoms with van der Waals surface area (Å²) in [4.78, 5) is 8.01. The van der Waals surface area contributed by atoms with Crippen molar-refractivity contribution in [1.29, 1.82) is 0 Å². The van der Waals surface area contributed by atoms with Gasteiger partial charge in [-0.2, -0.15) is 0 Å². The molecule has 0 spiro atoms. The second-order valence-electron chi connectivity index (χ2n) is 3.14. The van der Waals surface area contributed by atoms with Crippen molar-refractivity contribution in [2.75, 3.05) is 5.73 Å². The number of hydrogen-bond donors (Lipinski definition) is 2. The van der Waals surface area contributed by atoms with E-state index in [1.807, 2.05) is 11.4 Å². The number of nitrogens with two attached hydrogens (primary N) is 1. The first-order chi connectivity index (χ1) is 7.27. The highest BCUT2D eigenvalue weighted by molar-refractivity contribution is 7.09. The molecular formula is C10H11N3OS. The second kappa shape index (κ2) is 4.37. The Hall–Kier alpha value is -1.46. The van der Waals surface area contributed by atoms with E-state index in [4.69, 9.17) is 5.73 Å². The quantitative estimate of drug-likeness (QED) is 0.821. The van der Waals surface area contributed by atoms with E-state index < -0.39 is 6.10 Å². The van der Waals surface area contributed by atoms with Crippen LogP contribution in [0, 0.1) is 0 Å². The molecular weight excluding hydrogens is 210 g/mol. The molecule has 0 radical (unpaired) electrons. The summed E-state index contributed by atoms with van der Waals surface area (Å²) >= 11 is 1.43. The van der Waals surface area contributed by atoms with Crippen molar-refractivity contribution in [1.82, 2.24) is 9.97 Å². The molecule has 0 saturated heterocycles. The summed E-state index contributed by atoms with van der Waals surface area (Å²) in [6.07, 6.45) is 3.16. The van der Waals surface area contributed by atoms with Gasteiger partial charge >= 0.3 is 0 Å². The molecule has 0 amide bonds. The average Bonchev–Trinajstić information content (AvgIpc) is 2.74. The lowest BCUT2D eigenvalue weighted by Crippen LogP contribution is -2.04. The van der Waals surface area contributed by atoms with Gasteiger partial charge in [-0.15, -0.1) is 11.3 Å². The minimum atomic E-state index is -0.600. The Morgan fingerprint density at radius 2 is 2.27 bits per heavy atom. The summed E-state index contributed by atoms with van der Waals surface area (Å²) < 4.78 is 0. The zero-order valence-corrected chi connectivity index (χ0v) is 8.81. The van der Waals surface area contributed by atoms with Crippen LogP contribution in [0.25, 0.3) is 0 Å². The SMILES string of the molecule is Nc1ncccc1CC(O)c1nccs1.